The summed E-state index contributed by atoms with van der Waals surface area (Å²) >= 11 is 0. The van der Waals surface area contributed by atoms with Crippen LogP contribution in [0.5, 0.6) is 5.75 Å². The first-order chi connectivity index (χ1) is 10.8. The lowest BCUT2D eigenvalue weighted by Crippen LogP contribution is -2.25. The Bertz CT molecular complexity index is 759. The van der Waals surface area contributed by atoms with Crippen LogP contribution in [0.15, 0.2) is 54.6 Å². The minimum Gasteiger partial charge on any atom is -0.497 e. The lowest BCUT2D eigenvalue weighted by atomic mass is 10.1. The second-order valence-corrected chi connectivity index (χ2v) is 5.13. The van der Waals surface area contributed by atoms with Gasteiger partial charge in [0.1, 0.15) is 11.4 Å². The van der Waals surface area contributed by atoms with Crippen LogP contribution in [0.3, 0.4) is 0 Å². The molecule has 0 aliphatic heterocycles. The lowest BCUT2D eigenvalue weighted by molar-refractivity contribution is 0.0950. The Labute approximate surface area is 129 Å². The Morgan fingerprint density at radius 1 is 1.14 bits per heavy atom. The van der Waals surface area contributed by atoms with Crippen LogP contribution in [0, 0.1) is 0 Å². The molecule has 4 heteroatoms. The van der Waals surface area contributed by atoms with E-state index < -0.39 is 0 Å². The van der Waals surface area contributed by atoms with Crippen molar-refractivity contribution >= 4 is 16.8 Å². The molecule has 3 rings (SSSR count). The highest BCUT2D eigenvalue weighted by atomic mass is 16.5. The van der Waals surface area contributed by atoms with E-state index in [4.69, 9.17) is 4.74 Å². The van der Waals surface area contributed by atoms with Crippen LogP contribution in [0.4, 0.5) is 0 Å². The third-order valence-corrected chi connectivity index (χ3v) is 3.61. The number of amides is 1. The molecule has 112 valence electrons. The number of fused-ring (bicyclic) bond motifs is 1. The molecule has 22 heavy (non-hydrogen) atoms. The van der Waals surface area contributed by atoms with Gasteiger partial charge in [0, 0.05) is 17.4 Å². The second-order valence-electron chi connectivity index (χ2n) is 5.13. The average molecular weight is 294 g/mol. The fourth-order valence-corrected chi connectivity index (χ4v) is 2.44. The summed E-state index contributed by atoms with van der Waals surface area (Å²) < 4.78 is 5.19. The average Bonchev–Trinajstić information content (AvgIpc) is 2.99. The zero-order valence-corrected chi connectivity index (χ0v) is 12.4. The second kappa shape index (κ2) is 6.35. The topological polar surface area (TPSA) is 54.1 Å². The number of aromatic amines is 1. The minimum atomic E-state index is -0.0842. The van der Waals surface area contributed by atoms with Gasteiger partial charge in [-0.3, -0.25) is 4.79 Å². The monoisotopic (exact) mass is 294 g/mol. The molecule has 2 aromatic carbocycles. The molecule has 0 bridgehead atoms. The van der Waals surface area contributed by atoms with E-state index in [0.29, 0.717) is 12.2 Å². The van der Waals surface area contributed by atoms with Crippen molar-refractivity contribution in [2.45, 2.75) is 6.42 Å². The largest absolute Gasteiger partial charge is 0.497 e. The summed E-state index contributed by atoms with van der Waals surface area (Å²) in [4.78, 5) is 15.3. The first kappa shape index (κ1) is 14.2. The highest BCUT2D eigenvalue weighted by molar-refractivity contribution is 5.97. The van der Waals surface area contributed by atoms with E-state index in [-0.39, 0.29) is 5.91 Å². The van der Waals surface area contributed by atoms with Gasteiger partial charge < -0.3 is 15.0 Å². The number of carbonyl (C=O) groups excluding carboxylic acids is 1. The van der Waals surface area contributed by atoms with Gasteiger partial charge in [0.2, 0.25) is 0 Å². The number of para-hydroxylation sites is 1. The maximum Gasteiger partial charge on any atom is 0.267 e. The van der Waals surface area contributed by atoms with Crippen LogP contribution in [0.1, 0.15) is 16.1 Å². The SMILES string of the molecule is COc1cccc(CCNC(=O)c2cc3ccccc3[nH]2)c1. The molecule has 3 aromatic rings. The van der Waals surface area contributed by atoms with Crippen molar-refractivity contribution in [3.63, 3.8) is 0 Å². The van der Waals surface area contributed by atoms with E-state index in [2.05, 4.69) is 10.3 Å². The summed E-state index contributed by atoms with van der Waals surface area (Å²) in [6.45, 7) is 0.585. The molecular weight excluding hydrogens is 276 g/mol. The Balaban J connectivity index is 1.60. The highest BCUT2D eigenvalue weighted by Gasteiger charge is 2.08. The number of hydrogen-bond donors (Lipinski definition) is 2. The van der Waals surface area contributed by atoms with Gasteiger partial charge in [-0.25, -0.2) is 0 Å². The number of carbonyl (C=O) groups is 1. The molecule has 0 atom stereocenters. The number of benzene rings is 2. The Hall–Kier alpha value is -2.75. The van der Waals surface area contributed by atoms with E-state index in [1.807, 2.05) is 54.6 Å². The number of rotatable bonds is 5. The molecule has 0 saturated heterocycles. The number of aromatic nitrogens is 1. The molecule has 0 aliphatic carbocycles. The third kappa shape index (κ3) is 3.11. The van der Waals surface area contributed by atoms with E-state index in [1.165, 1.54) is 0 Å². The van der Waals surface area contributed by atoms with Crippen molar-refractivity contribution in [2.75, 3.05) is 13.7 Å². The zero-order valence-electron chi connectivity index (χ0n) is 12.4. The molecule has 2 N–H and O–H groups in total. The molecule has 0 spiro atoms. The van der Waals surface area contributed by atoms with Crippen LogP contribution in [0.25, 0.3) is 10.9 Å². The molecule has 1 amide bonds. The van der Waals surface area contributed by atoms with Crippen LogP contribution < -0.4 is 10.1 Å². The quantitative estimate of drug-likeness (QED) is 0.759. The number of H-pyrrole nitrogens is 1. The predicted octanol–water partition coefficient (Wildman–Crippen LogP) is 3.15. The summed E-state index contributed by atoms with van der Waals surface area (Å²) in [7, 11) is 1.65. The molecule has 1 heterocycles. The van der Waals surface area contributed by atoms with E-state index >= 15 is 0 Å². The van der Waals surface area contributed by atoms with Crippen LogP contribution in [0.2, 0.25) is 0 Å². The van der Waals surface area contributed by atoms with Gasteiger partial charge in [0.15, 0.2) is 0 Å². The van der Waals surface area contributed by atoms with Crippen molar-refractivity contribution in [3.05, 3.63) is 65.9 Å². The summed E-state index contributed by atoms with van der Waals surface area (Å²) in [6.07, 6.45) is 0.767. The Morgan fingerprint density at radius 2 is 2.00 bits per heavy atom. The maximum absolute atomic E-state index is 12.2. The maximum atomic E-state index is 12.2. The zero-order chi connectivity index (χ0) is 15.4. The molecule has 0 aliphatic rings. The first-order valence-electron chi connectivity index (χ1n) is 7.25. The number of ether oxygens (including phenoxy) is 1. The molecule has 0 unspecified atom stereocenters. The van der Waals surface area contributed by atoms with Crippen LogP contribution in [-0.2, 0) is 6.42 Å². The van der Waals surface area contributed by atoms with Gasteiger partial charge in [-0.15, -0.1) is 0 Å². The number of methoxy groups -OCH3 is 1. The van der Waals surface area contributed by atoms with E-state index in [0.717, 1.165) is 28.6 Å². The van der Waals surface area contributed by atoms with Crippen molar-refractivity contribution in [1.82, 2.24) is 10.3 Å². The number of nitrogens with one attached hydrogen (secondary N) is 2. The molecule has 1 aromatic heterocycles. The van der Waals surface area contributed by atoms with Gasteiger partial charge in [-0.05, 0) is 36.2 Å². The smallest absolute Gasteiger partial charge is 0.267 e. The molecule has 0 radical (unpaired) electrons. The molecule has 0 saturated carbocycles. The first-order valence-corrected chi connectivity index (χ1v) is 7.25. The highest BCUT2D eigenvalue weighted by Crippen LogP contribution is 2.15. The van der Waals surface area contributed by atoms with Crippen LogP contribution >= 0.6 is 0 Å². The Morgan fingerprint density at radius 3 is 2.82 bits per heavy atom. The van der Waals surface area contributed by atoms with E-state index in [9.17, 15) is 4.79 Å². The summed E-state index contributed by atoms with van der Waals surface area (Å²) in [6, 6.07) is 17.6. The van der Waals surface area contributed by atoms with Gasteiger partial charge in [-0.2, -0.15) is 0 Å². The predicted molar refractivity (Wildman–Crippen MR) is 87.3 cm³/mol. The molecule has 0 fully saturated rings. The fourth-order valence-electron chi connectivity index (χ4n) is 2.44. The van der Waals surface area contributed by atoms with Gasteiger partial charge in [-0.1, -0.05) is 30.3 Å². The van der Waals surface area contributed by atoms with Crippen molar-refractivity contribution in [3.8, 4) is 5.75 Å². The third-order valence-electron chi connectivity index (χ3n) is 3.61. The summed E-state index contributed by atoms with van der Waals surface area (Å²) in [5.41, 5.74) is 2.70. The normalized spacial score (nSPS) is 10.6. The van der Waals surface area contributed by atoms with Crippen molar-refractivity contribution in [1.29, 1.82) is 0 Å². The van der Waals surface area contributed by atoms with Crippen molar-refractivity contribution in [2.24, 2.45) is 0 Å². The van der Waals surface area contributed by atoms with Crippen molar-refractivity contribution < 1.29 is 9.53 Å². The molecular formula is C18H18N2O2. The van der Waals surface area contributed by atoms with Gasteiger partial charge in [0.05, 0.1) is 7.11 Å². The standard InChI is InChI=1S/C18H18N2O2/c1-22-15-7-4-5-13(11-15)9-10-19-18(21)17-12-14-6-2-3-8-16(14)20-17/h2-8,11-12,20H,9-10H2,1H3,(H,19,21). The Kier molecular flexibility index (Phi) is 4.10. The minimum absolute atomic E-state index is 0.0842. The van der Waals surface area contributed by atoms with Gasteiger partial charge >= 0.3 is 0 Å². The van der Waals surface area contributed by atoms with Crippen LogP contribution in [-0.4, -0.2) is 24.5 Å². The fraction of sp³-hybridized carbons (Fsp3) is 0.167. The summed E-state index contributed by atoms with van der Waals surface area (Å²) in [5, 5.41) is 3.98. The number of hydrogen-bond acceptors (Lipinski definition) is 2. The van der Waals surface area contributed by atoms with Gasteiger partial charge in [0.25, 0.3) is 5.91 Å². The molecule has 4 nitrogen and oxygen atoms in total. The summed E-state index contributed by atoms with van der Waals surface area (Å²) in [5.74, 6) is 0.749. The lowest BCUT2D eigenvalue weighted by Gasteiger charge is -2.06. The van der Waals surface area contributed by atoms with E-state index in [1.54, 1.807) is 7.11 Å².